The number of halogens is 2. The number of rotatable bonds is 8. The zero-order chi connectivity index (χ0) is 25.0. The molecule has 2 fully saturated rings. The standard InChI is InChI=1S/C26H34Cl2N4O3/c1-26(2)11-16(6-7-35-26)12-29-18-4-5-22(27)20(9-18)21-10-24(31-14-23(21)28)32-25(33)17-8-19(15-34-3)30-13-17/h4-5,9-10,14,16-17,19,29-30H,6-8,11-13,15H2,1-3H3,(H,31,32,33)/t16?,17-,19-/m1/s1. The molecule has 3 heterocycles. The zero-order valence-corrected chi connectivity index (χ0v) is 22.0. The number of hydrogen-bond acceptors (Lipinski definition) is 6. The highest BCUT2D eigenvalue weighted by Crippen LogP contribution is 2.36. The number of anilines is 2. The van der Waals surface area contributed by atoms with Gasteiger partial charge < -0.3 is 25.4 Å². The molecule has 35 heavy (non-hydrogen) atoms. The smallest absolute Gasteiger partial charge is 0.229 e. The normalized spacial score (nSPS) is 23.7. The summed E-state index contributed by atoms with van der Waals surface area (Å²) in [7, 11) is 1.66. The molecule has 2 saturated heterocycles. The molecule has 9 heteroatoms. The summed E-state index contributed by atoms with van der Waals surface area (Å²) in [5.74, 6) is 0.779. The Morgan fingerprint density at radius 2 is 2.06 bits per heavy atom. The van der Waals surface area contributed by atoms with E-state index in [2.05, 4.69) is 34.8 Å². The van der Waals surface area contributed by atoms with Crippen molar-refractivity contribution in [3.05, 3.63) is 40.5 Å². The van der Waals surface area contributed by atoms with Gasteiger partial charge in [0.15, 0.2) is 0 Å². The molecule has 1 amide bonds. The van der Waals surface area contributed by atoms with Crippen LogP contribution in [0.1, 0.15) is 33.1 Å². The van der Waals surface area contributed by atoms with E-state index in [4.69, 9.17) is 32.7 Å². The monoisotopic (exact) mass is 520 g/mol. The first-order chi connectivity index (χ1) is 16.7. The van der Waals surface area contributed by atoms with Gasteiger partial charge in [0.25, 0.3) is 0 Å². The van der Waals surface area contributed by atoms with Crippen LogP contribution in [-0.2, 0) is 14.3 Å². The zero-order valence-electron chi connectivity index (χ0n) is 20.5. The number of pyridine rings is 1. The van der Waals surface area contributed by atoms with Crippen molar-refractivity contribution in [2.45, 2.75) is 44.8 Å². The highest BCUT2D eigenvalue weighted by Gasteiger charge is 2.30. The highest BCUT2D eigenvalue weighted by atomic mass is 35.5. The van der Waals surface area contributed by atoms with E-state index < -0.39 is 0 Å². The second kappa shape index (κ2) is 11.4. The van der Waals surface area contributed by atoms with Gasteiger partial charge in [0.2, 0.25) is 5.91 Å². The van der Waals surface area contributed by atoms with Gasteiger partial charge in [-0.3, -0.25) is 4.79 Å². The molecule has 1 aromatic heterocycles. The summed E-state index contributed by atoms with van der Waals surface area (Å²) in [5.41, 5.74) is 2.39. The molecule has 1 aromatic carbocycles. The lowest BCUT2D eigenvalue weighted by Crippen LogP contribution is -2.36. The fraction of sp³-hybridized carbons (Fsp3) is 0.538. The molecule has 2 aliphatic rings. The third kappa shape index (κ3) is 6.86. The minimum atomic E-state index is -0.137. The molecule has 1 unspecified atom stereocenters. The molecular formula is C26H34Cl2N4O3. The van der Waals surface area contributed by atoms with Crippen molar-refractivity contribution in [2.75, 3.05) is 44.0 Å². The number of amides is 1. The SMILES string of the molecule is COC[C@H]1C[C@@H](C(=O)Nc2cc(-c3cc(NCC4CCOC(C)(C)C4)ccc3Cl)c(Cl)cn2)CN1. The van der Waals surface area contributed by atoms with Crippen LogP contribution in [0.5, 0.6) is 0 Å². The van der Waals surface area contributed by atoms with Crippen molar-refractivity contribution >= 4 is 40.6 Å². The van der Waals surface area contributed by atoms with E-state index in [9.17, 15) is 4.79 Å². The molecule has 7 nitrogen and oxygen atoms in total. The predicted octanol–water partition coefficient (Wildman–Crippen LogP) is 5.24. The van der Waals surface area contributed by atoms with Crippen LogP contribution in [0.25, 0.3) is 11.1 Å². The van der Waals surface area contributed by atoms with Crippen LogP contribution < -0.4 is 16.0 Å². The van der Waals surface area contributed by atoms with Crippen LogP contribution in [-0.4, -0.2) is 55.9 Å². The van der Waals surface area contributed by atoms with Crippen molar-refractivity contribution in [1.82, 2.24) is 10.3 Å². The molecule has 0 aliphatic carbocycles. The Morgan fingerprint density at radius 1 is 1.26 bits per heavy atom. The third-order valence-electron chi connectivity index (χ3n) is 6.72. The number of ether oxygens (including phenoxy) is 2. The molecule has 0 radical (unpaired) electrons. The van der Waals surface area contributed by atoms with Crippen molar-refractivity contribution < 1.29 is 14.3 Å². The van der Waals surface area contributed by atoms with Gasteiger partial charge in [0.05, 0.1) is 23.1 Å². The summed E-state index contributed by atoms with van der Waals surface area (Å²) in [5, 5.41) is 10.8. The second-order valence-corrected chi connectivity index (χ2v) is 10.9. The number of benzene rings is 1. The number of aromatic nitrogens is 1. The number of methoxy groups -OCH3 is 1. The van der Waals surface area contributed by atoms with Crippen LogP contribution in [0.2, 0.25) is 10.0 Å². The summed E-state index contributed by atoms with van der Waals surface area (Å²) in [6.07, 6.45) is 4.33. The summed E-state index contributed by atoms with van der Waals surface area (Å²) in [6.45, 7) is 7.13. The van der Waals surface area contributed by atoms with Crippen molar-refractivity contribution in [3.63, 3.8) is 0 Å². The first-order valence-electron chi connectivity index (χ1n) is 12.1. The molecule has 0 saturated carbocycles. The van der Waals surface area contributed by atoms with Gasteiger partial charge in [-0.15, -0.1) is 0 Å². The lowest BCUT2D eigenvalue weighted by Gasteiger charge is -2.35. The lowest BCUT2D eigenvalue weighted by molar-refractivity contribution is -0.119. The molecular weight excluding hydrogens is 487 g/mol. The molecule has 0 bridgehead atoms. The lowest BCUT2D eigenvalue weighted by atomic mass is 9.88. The topological polar surface area (TPSA) is 84.5 Å². The number of nitrogens with zero attached hydrogens (tertiary/aromatic N) is 1. The van der Waals surface area contributed by atoms with Crippen LogP contribution in [0, 0.1) is 11.8 Å². The fourth-order valence-electron chi connectivity index (χ4n) is 4.92. The Kier molecular flexibility index (Phi) is 8.55. The largest absolute Gasteiger partial charge is 0.385 e. The van der Waals surface area contributed by atoms with Crippen LogP contribution in [0.15, 0.2) is 30.5 Å². The number of carbonyl (C=O) groups is 1. The summed E-state index contributed by atoms with van der Waals surface area (Å²) in [4.78, 5) is 17.1. The minimum absolute atomic E-state index is 0.0715. The quantitative estimate of drug-likeness (QED) is 0.441. The first-order valence-corrected chi connectivity index (χ1v) is 12.9. The number of carbonyl (C=O) groups excluding carboxylic acids is 1. The van der Waals surface area contributed by atoms with E-state index in [0.717, 1.165) is 49.2 Å². The Labute approximate surface area is 217 Å². The molecule has 0 spiro atoms. The number of nitrogens with one attached hydrogen (secondary N) is 3. The van der Waals surface area contributed by atoms with Crippen LogP contribution in [0.3, 0.4) is 0 Å². The number of hydrogen-bond donors (Lipinski definition) is 3. The second-order valence-electron chi connectivity index (χ2n) is 10.1. The van der Waals surface area contributed by atoms with Gasteiger partial charge in [0.1, 0.15) is 5.82 Å². The Balaban J connectivity index is 1.45. The van der Waals surface area contributed by atoms with Crippen LogP contribution >= 0.6 is 23.2 Å². The van der Waals surface area contributed by atoms with Crippen molar-refractivity contribution in [1.29, 1.82) is 0 Å². The summed E-state index contributed by atoms with van der Waals surface area (Å²) < 4.78 is 11.0. The maximum atomic E-state index is 12.8. The highest BCUT2D eigenvalue weighted by molar-refractivity contribution is 6.36. The average Bonchev–Trinajstić information content (AvgIpc) is 3.28. The first kappa shape index (κ1) is 26.2. The Hall–Kier alpha value is -1.90. The molecule has 2 aromatic rings. The Bertz CT molecular complexity index is 1050. The van der Waals surface area contributed by atoms with E-state index in [1.807, 2.05) is 18.2 Å². The van der Waals surface area contributed by atoms with Gasteiger partial charge in [-0.1, -0.05) is 23.2 Å². The van der Waals surface area contributed by atoms with Gasteiger partial charge >= 0.3 is 0 Å². The molecule has 3 atom stereocenters. The third-order valence-corrected chi connectivity index (χ3v) is 7.35. The summed E-state index contributed by atoms with van der Waals surface area (Å²) in [6, 6.07) is 7.79. The van der Waals surface area contributed by atoms with Crippen LogP contribution in [0.4, 0.5) is 11.5 Å². The van der Waals surface area contributed by atoms with E-state index in [0.29, 0.717) is 34.9 Å². The fourth-order valence-corrected chi connectivity index (χ4v) is 5.35. The van der Waals surface area contributed by atoms with E-state index in [1.54, 1.807) is 19.4 Å². The molecule has 3 N–H and O–H groups in total. The van der Waals surface area contributed by atoms with Gasteiger partial charge in [-0.2, -0.15) is 0 Å². The molecule has 2 aliphatic heterocycles. The average molecular weight is 521 g/mol. The summed E-state index contributed by atoms with van der Waals surface area (Å²) >= 11 is 13.1. The van der Waals surface area contributed by atoms with Gasteiger partial charge in [0, 0.05) is 60.9 Å². The Morgan fingerprint density at radius 3 is 2.83 bits per heavy atom. The molecule has 190 valence electrons. The molecule has 4 rings (SSSR count). The van der Waals surface area contributed by atoms with Gasteiger partial charge in [-0.25, -0.2) is 4.98 Å². The maximum Gasteiger partial charge on any atom is 0.229 e. The maximum absolute atomic E-state index is 12.8. The van der Waals surface area contributed by atoms with Crippen molar-refractivity contribution in [2.24, 2.45) is 11.8 Å². The van der Waals surface area contributed by atoms with E-state index in [-0.39, 0.29) is 23.5 Å². The van der Waals surface area contributed by atoms with E-state index >= 15 is 0 Å². The van der Waals surface area contributed by atoms with E-state index in [1.165, 1.54) is 0 Å². The van der Waals surface area contributed by atoms with Gasteiger partial charge in [-0.05, 0) is 63.3 Å². The predicted molar refractivity (Wildman–Crippen MR) is 141 cm³/mol. The minimum Gasteiger partial charge on any atom is -0.385 e. The van der Waals surface area contributed by atoms with Crippen molar-refractivity contribution in [3.8, 4) is 11.1 Å².